The van der Waals surface area contributed by atoms with Crippen molar-refractivity contribution in [1.82, 2.24) is 15.3 Å². The highest BCUT2D eigenvalue weighted by Crippen LogP contribution is 2.06. The Kier molecular flexibility index (Phi) is 5.91. The number of nitrogens with zero attached hydrogens (tertiary/aromatic N) is 2. The second-order valence-electron chi connectivity index (χ2n) is 4.56. The molecule has 114 valence electrons. The van der Waals surface area contributed by atoms with E-state index in [-0.39, 0.29) is 5.91 Å². The van der Waals surface area contributed by atoms with Gasteiger partial charge in [0.15, 0.2) is 0 Å². The van der Waals surface area contributed by atoms with E-state index in [4.69, 9.17) is 11.6 Å². The third-order valence-corrected chi connectivity index (χ3v) is 3.14. The van der Waals surface area contributed by atoms with Crippen LogP contribution in [0.1, 0.15) is 28.5 Å². The minimum absolute atomic E-state index is 0.121. The van der Waals surface area contributed by atoms with E-state index >= 15 is 0 Å². The lowest BCUT2D eigenvalue weighted by atomic mass is 10.2. The van der Waals surface area contributed by atoms with Gasteiger partial charge < -0.3 is 10.6 Å². The van der Waals surface area contributed by atoms with Gasteiger partial charge in [-0.05, 0) is 30.2 Å². The molecule has 22 heavy (non-hydrogen) atoms. The lowest BCUT2D eigenvalue weighted by Gasteiger charge is -2.07. The Morgan fingerprint density at radius 3 is 2.86 bits per heavy atom. The number of aryl methyl sites for hydroxylation is 1. The number of nitrogens with one attached hydrogen (secondary N) is 2. The van der Waals surface area contributed by atoms with Crippen molar-refractivity contribution >= 4 is 23.3 Å². The molecule has 1 amide bonds. The molecule has 5 nitrogen and oxygen atoms in total. The van der Waals surface area contributed by atoms with E-state index in [0.717, 1.165) is 17.7 Å². The molecule has 6 heteroatoms. The molecule has 0 aromatic carbocycles. The predicted octanol–water partition coefficient (Wildman–Crippen LogP) is 3.09. The van der Waals surface area contributed by atoms with Gasteiger partial charge in [-0.25, -0.2) is 4.98 Å². The maximum Gasteiger partial charge on any atom is 0.251 e. The molecule has 2 rings (SSSR count). The van der Waals surface area contributed by atoms with Crippen molar-refractivity contribution in [3.63, 3.8) is 0 Å². The number of anilines is 1. The van der Waals surface area contributed by atoms with Gasteiger partial charge in [-0.3, -0.25) is 9.78 Å². The summed E-state index contributed by atoms with van der Waals surface area (Å²) in [5, 5.41) is 5.77. The Morgan fingerprint density at radius 1 is 1.32 bits per heavy atom. The van der Waals surface area contributed by atoms with Crippen molar-refractivity contribution in [3.05, 3.63) is 65.2 Å². The quantitative estimate of drug-likeness (QED) is 0.859. The number of amides is 1. The molecule has 2 aromatic rings. The largest absolute Gasteiger partial charge is 0.348 e. The summed E-state index contributed by atoms with van der Waals surface area (Å²) >= 11 is 5.42. The van der Waals surface area contributed by atoms with Gasteiger partial charge >= 0.3 is 0 Å². The molecule has 2 N–H and O–H groups in total. The van der Waals surface area contributed by atoms with Crippen LogP contribution in [0.3, 0.4) is 0 Å². The number of rotatable bonds is 6. The molecule has 0 aliphatic heterocycles. The summed E-state index contributed by atoms with van der Waals surface area (Å²) in [5.41, 5.74) is 3.80. The Bertz CT molecular complexity index is 655. The molecule has 0 saturated heterocycles. The van der Waals surface area contributed by atoms with E-state index < -0.39 is 0 Å². The summed E-state index contributed by atoms with van der Waals surface area (Å²) < 4.78 is 0. The Hall–Kier alpha value is -2.40. The fourth-order valence-electron chi connectivity index (χ4n) is 1.83. The van der Waals surface area contributed by atoms with Crippen molar-refractivity contribution in [2.45, 2.75) is 19.9 Å². The highest BCUT2D eigenvalue weighted by Gasteiger charge is 2.06. The van der Waals surface area contributed by atoms with Crippen molar-refractivity contribution in [2.24, 2.45) is 0 Å². The van der Waals surface area contributed by atoms with Gasteiger partial charge in [0.05, 0.1) is 0 Å². The Labute approximate surface area is 134 Å². The number of carbonyl (C=O) groups excluding carboxylic acids is 1. The molecule has 0 saturated carbocycles. The van der Waals surface area contributed by atoms with Gasteiger partial charge in [-0.1, -0.05) is 24.6 Å². The second-order valence-corrected chi connectivity index (χ2v) is 4.81. The molecule has 0 spiro atoms. The third-order valence-electron chi connectivity index (χ3n) is 3.01. The van der Waals surface area contributed by atoms with Crippen LogP contribution in [-0.2, 0) is 13.0 Å². The van der Waals surface area contributed by atoms with Crippen molar-refractivity contribution in [1.29, 1.82) is 0 Å². The smallest absolute Gasteiger partial charge is 0.251 e. The monoisotopic (exact) mass is 316 g/mol. The van der Waals surface area contributed by atoms with Crippen LogP contribution < -0.4 is 10.6 Å². The van der Waals surface area contributed by atoms with E-state index in [1.54, 1.807) is 30.7 Å². The number of pyridine rings is 2. The first kappa shape index (κ1) is 16.0. The molecule has 0 unspecified atom stereocenters. The fourth-order valence-corrected chi connectivity index (χ4v) is 1.89. The first-order chi connectivity index (χ1) is 10.7. The summed E-state index contributed by atoms with van der Waals surface area (Å²) in [7, 11) is 0. The molecule has 2 aromatic heterocycles. The number of hydrogen-bond donors (Lipinski definition) is 2. The average Bonchev–Trinajstić information content (AvgIpc) is 2.58. The molecule has 0 fully saturated rings. The van der Waals surface area contributed by atoms with E-state index in [1.165, 1.54) is 5.54 Å². The van der Waals surface area contributed by atoms with Crippen LogP contribution in [-0.4, -0.2) is 15.9 Å². The third kappa shape index (κ3) is 4.56. The summed E-state index contributed by atoms with van der Waals surface area (Å²) in [6, 6.07) is 7.22. The highest BCUT2D eigenvalue weighted by molar-refractivity contribution is 6.25. The van der Waals surface area contributed by atoms with Crippen LogP contribution >= 0.6 is 11.6 Å². The number of carbonyl (C=O) groups is 1. The maximum atomic E-state index is 12.1. The summed E-state index contributed by atoms with van der Waals surface area (Å²) in [4.78, 5) is 20.5. The number of hydrogen-bond acceptors (Lipinski definition) is 4. The van der Waals surface area contributed by atoms with Crippen LogP contribution in [0, 0.1) is 0 Å². The zero-order valence-corrected chi connectivity index (χ0v) is 13.0. The van der Waals surface area contributed by atoms with Crippen molar-refractivity contribution in [3.8, 4) is 0 Å². The van der Waals surface area contributed by atoms with Gasteiger partial charge in [0.1, 0.15) is 5.82 Å². The first-order valence-corrected chi connectivity index (χ1v) is 7.36. The van der Waals surface area contributed by atoms with Crippen LogP contribution in [0.25, 0.3) is 0 Å². The molecular formula is C16H17ClN4O. The molecule has 0 radical (unpaired) electrons. The molecular weight excluding hydrogens is 300 g/mol. The SMILES string of the molecule is CCc1cc(C(=O)NCc2ccc(N/C=C/Cl)nc2)ccn1. The van der Waals surface area contributed by atoms with Crippen molar-refractivity contribution < 1.29 is 4.79 Å². The number of aromatic nitrogens is 2. The van der Waals surface area contributed by atoms with Gasteiger partial charge in [0.25, 0.3) is 5.91 Å². The molecule has 0 atom stereocenters. The Balaban J connectivity index is 1.92. The Morgan fingerprint density at radius 2 is 2.18 bits per heavy atom. The second kappa shape index (κ2) is 8.14. The van der Waals surface area contributed by atoms with Crippen LogP contribution in [0.5, 0.6) is 0 Å². The summed E-state index contributed by atoms with van der Waals surface area (Å²) in [6.45, 7) is 2.42. The normalized spacial score (nSPS) is 10.6. The predicted molar refractivity (Wildman–Crippen MR) is 87.6 cm³/mol. The minimum Gasteiger partial charge on any atom is -0.348 e. The summed E-state index contributed by atoms with van der Waals surface area (Å²) in [6.07, 6.45) is 5.74. The van der Waals surface area contributed by atoms with Crippen LogP contribution in [0.4, 0.5) is 5.82 Å². The average molecular weight is 317 g/mol. The van der Waals surface area contributed by atoms with Gasteiger partial charge in [0.2, 0.25) is 0 Å². The van der Waals surface area contributed by atoms with Crippen LogP contribution in [0.15, 0.2) is 48.4 Å². The lowest BCUT2D eigenvalue weighted by molar-refractivity contribution is 0.0950. The highest BCUT2D eigenvalue weighted by atomic mass is 35.5. The standard InChI is InChI=1S/C16H17ClN4O/c1-2-14-9-13(5-7-18-14)16(22)21-11-12-3-4-15(20-10-12)19-8-6-17/h3-10H,2,11H2,1H3,(H,19,20)(H,21,22)/b8-6+. The topological polar surface area (TPSA) is 66.9 Å². The molecule has 2 heterocycles. The van der Waals surface area contributed by atoms with E-state index in [1.807, 2.05) is 19.1 Å². The molecule has 0 aliphatic rings. The first-order valence-electron chi connectivity index (χ1n) is 6.92. The van der Waals surface area contributed by atoms with Gasteiger partial charge in [-0.15, -0.1) is 0 Å². The van der Waals surface area contributed by atoms with E-state index in [0.29, 0.717) is 17.9 Å². The molecule has 0 bridgehead atoms. The van der Waals surface area contributed by atoms with Crippen molar-refractivity contribution in [2.75, 3.05) is 5.32 Å². The number of halogens is 1. The van der Waals surface area contributed by atoms with Gasteiger partial charge in [-0.2, -0.15) is 0 Å². The minimum atomic E-state index is -0.121. The lowest BCUT2D eigenvalue weighted by Crippen LogP contribution is -2.23. The fraction of sp³-hybridized carbons (Fsp3) is 0.188. The van der Waals surface area contributed by atoms with Gasteiger partial charge in [0, 0.05) is 41.9 Å². The zero-order valence-electron chi connectivity index (χ0n) is 12.2. The molecule has 0 aliphatic carbocycles. The maximum absolute atomic E-state index is 12.1. The van der Waals surface area contributed by atoms with E-state index in [9.17, 15) is 4.79 Å². The summed E-state index contributed by atoms with van der Waals surface area (Å²) in [5.74, 6) is 0.568. The zero-order chi connectivity index (χ0) is 15.8. The van der Waals surface area contributed by atoms with E-state index in [2.05, 4.69) is 20.6 Å². The van der Waals surface area contributed by atoms with Crippen LogP contribution in [0.2, 0.25) is 0 Å².